The van der Waals surface area contributed by atoms with Crippen LogP contribution >= 0.6 is 0 Å². The zero-order valence-corrected chi connectivity index (χ0v) is 11.5. The molecule has 6 heteroatoms. The van der Waals surface area contributed by atoms with Crippen molar-refractivity contribution >= 4 is 26.6 Å². The number of aromatic amines is 1. The zero-order valence-electron chi connectivity index (χ0n) is 10.6. The lowest BCUT2D eigenvalue weighted by atomic mass is 10.1. The van der Waals surface area contributed by atoms with E-state index in [1.165, 1.54) is 0 Å². The first kappa shape index (κ1) is 13.6. The molecule has 0 spiro atoms. The Morgan fingerprint density at radius 2 is 2.11 bits per heavy atom. The number of sulfone groups is 1. The summed E-state index contributed by atoms with van der Waals surface area (Å²) in [7, 11) is -3.05. The molecule has 1 aromatic heterocycles. The Labute approximate surface area is 111 Å². The van der Waals surface area contributed by atoms with Crippen molar-refractivity contribution in [1.82, 2.24) is 10.3 Å². The molecular formula is C13H16N2O3S. The van der Waals surface area contributed by atoms with Crippen molar-refractivity contribution in [3.8, 4) is 0 Å². The topological polar surface area (TPSA) is 79.0 Å². The fourth-order valence-corrected chi connectivity index (χ4v) is 2.54. The lowest BCUT2D eigenvalue weighted by Crippen LogP contribution is -2.29. The molecule has 0 radical (unpaired) electrons. The smallest absolute Gasteiger partial charge is 0.251 e. The van der Waals surface area contributed by atoms with Gasteiger partial charge in [0.2, 0.25) is 0 Å². The number of hydrogen-bond acceptors (Lipinski definition) is 3. The van der Waals surface area contributed by atoms with E-state index < -0.39 is 9.84 Å². The average molecular weight is 280 g/mol. The molecule has 5 nitrogen and oxygen atoms in total. The van der Waals surface area contributed by atoms with E-state index in [2.05, 4.69) is 10.3 Å². The highest BCUT2D eigenvalue weighted by Crippen LogP contribution is 2.16. The molecular weight excluding hydrogens is 264 g/mol. The van der Waals surface area contributed by atoms with Crippen LogP contribution in [0.4, 0.5) is 0 Å². The summed E-state index contributed by atoms with van der Waals surface area (Å²) in [5, 5.41) is 3.47. The molecule has 0 saturated heterocycles. The highest BCUT2D eigenvalue weighted by atomic mass is 32.2. The second-order valence-electron chi connectivity index (χ2n) is 4.24. The molecule has 1 aromatic carbocycles. The van der Waals surface area contributed by atoms with Gasteiger partial charge in [-0.1, -0.05) is 13.0 Å². The normalized spacial score (nSPS) is 11.6. The number of amides is 1. The molecule has 0 atom stereocenters. The number of carbonyl (C=O) groups excluding carboxylic acids is 1. The number of carbonyl (C=O) groups is 1. The molecule has 0 aliphatic rings. The van der Waals surface area contributed by atoms with Gasteiger partial charge < -0.3 is 10.3 Å². The summed E-state index contributed by atoms with van der Waals surface area (Å²) in [5.41, 5.74) is 1.43. The Balaban J connectivity index is 2.07. The Bertz CT molecular complexity index is 689. The summed E-state index contributed by atoms with van der Waals surface area (Å²) in [6, 6.07) is 7.22. The van der Waals surface area contributed by atoms with Crippen molar-refractivity contribution in [3.05, 3.63) is 36.0 Å². The molecule has 1 heterocycles. The van der Waals surface area contributed by atoms with Crippen LogP contribution in [0.1, 0.15) is 17.3 Å². The third-order valence-corrected chi connectivity index (χ3v) is 4.68. The van der Waals surface area contributed by atoms with Crippen molar-refractivity contribution in [2.24, 2.45) is 0 Å². The van der Waals surface area contributed by atoms with Crippen LogP contribution < -0.4 is 5.32 Å². The Hall–Kier alpha value is -1.82. The van der Waals surface area contributed by atoms with Gasteiger partial charge in [0.25, 0.3) is 5.91 Å². The molecule has 0 fully saturated rings. The standard InChI is InChI=1S/C13H16N2O3S/c1-2-19(17,18)9-8-15-13(16)11-4-3-5-12-10(11)6-7-14-12/h3-7,14H,2,8-9H2,1H3,(H,15,16). The first-order valence-electron chi connectivity index (χ1n) is 6.08. The number of H-pyrrole nitrogens is 1. The molecule has 0 aliphatic carbocycles. The fraction of sp³-hybridized carbons (Fsp3) is 0.308. The third-order valence-electron chi connectivity index (χ3n) is 2.98. The van der Waals surface area contributed by atoms with Gasteiger partial charge >= 0.3 is 0 Å². The van der Waals surface area contributed by atoms with Crippen molar-refractivity contribution in [2.45, 2.75) is 6.92 Å². The van der Waals surface area contributed by atoms with Gasteiger partial charge in [-0.05, 0) is 18.2 Å². The zero-order chi connectivity index (χ0) is 13.9. The van der Waals surface area contributed by atoms with E-state index in [-0.39, 0.29) is 24.0 Å². The van der Waals surface area contributed by atoms with Crippen LogP contribution in [-0.4, -0.2) is 37.4 Å². The number of aromatic nitrogens is 1. The van der Waals surface area contributed by atoms with Gasteiger partial charge in [-0.2, -0.15) is 0 Å². The van der Waals surface area contributed by atoms with Crippen molar-refractivity contribution < 1.29 is 13.2 Å². The third kappa shape index (κ3) is 3.14. The SMILES string of the molecule is CCS(=O)(=O)CCNC(=O)c1cccc2[nH]ccc12. The Kier molecular flexibility index (Phi) is 3.90. The molecule has 2 aromatic rings. The Morgan fingerprint density at radius 3 is 2.84 bits per heavy atom. The molecule has 0 saturated carbocycles. The van der Waals surface area contributed by atoms with E-state index in [0.717, 1.165) is 10.9 Å². The van der Waals surface area contributed by atoms with E-state index >= 15 is 0 Å². The number of hydrogen-bond donors (Lipinski definition) is 2. The van der Waals surface area contributed by atoms with Crippen molar-refractivity contribution in [2.75, 3.05) is 18.1 Å². The molecule has 0 aliphatic heterocycles. The molecule has 19 heavy (non-hydrogen) atoms. The van der Waals surface area contributed by atoms with Crippen LogP contribution in [0.15, 0.2) is 30.5 Å². The summed E-state index contributed by atoms with van der Waals surface area (Å²) >= 11 is 0. The average Bonchev–Trinajstić information content (AvgIpc) is 2.86. The van der Waals surface area contributed by atoms with Gasteiger partial charge in [-0.3, -0.25) is 4.79 Å². The van der Waals surface area contributed by atoms with E-state index in [0.29, 0.717) is 5.56 Å². The van der Waals surface area contributed by atoms with Crippen molar-refractivity contribution in [3.63, 3.8) is 0 Å². The van der Waals surface area contributed by atoms with Crippen LogP contribution in [0.5, 0.6) is 0 Å². The van der Waals surface area contributed by atoms with E-state index in [4.69, 9.17) is 0 Å². The monoisotopic (exact) mass is 280 g/mol. The minimum absolute atomic E-state index is 0.0294. The van der Waals surface area contributed by atoms with E-state index in [1.807, 2.05) is 12.1 Å². The van der Waals surface area contributed by atoms with Gasteiger partial charge in [0.1, 0.15) is 0 Å². The summed E-state index contributed by atoms with van der Waals surface area (Å²) in [6.07, 6.45) is 1.77. The largest absolute Gasteiger partial charge is 0.361 e. The maximum absolute atomic E-state index is 12.0. The highest BCUT2D eigenvalue weighted by Gasteiger charge is 2.12. The number of benzene rings is 1. The quantitative estimate of drug-likeness (QED) is 0.867. The number of fused-ring (bicyclic) bond motifs is 1. The minimum Gasteiger partial charge on any atom is -0.361 e. The summed E-state index contributed by atoms with van der Waals surface area (Å²) in [5.74, 6) is -0.189. The fourth-order valence-electron chi connectivity index (χ4n) is 1.84. The second kappa shape index (κ2) is 5.44. The van der Waals surface area contributed by atoms with Gasteiger partial charge in [-0.15, -0.1) is 0 Å². The molecule has 0 bridgehead atoms. The second-order valence-corrected chi connectivity index (χ2v) is 6.71. The van der Waals surface area contributed by atoms with Gasteiger partial charge in [-0.25, -0.2) is 8.42 Å². The van der Waals surface area contributed by atoms with Crippen LogP contribution in [0.2, 0.25) is 0 Å². The van der Waals surface area contributed by atoms with Crippen LogP contribution in [-0.2, 0) is 9.84 Å². The van der Waals surface area contributed by atoms with E-state index in [1.54, 1.807) is 25.3 Å². The van der Waals surface area contributed by atoms with Gasteiger partial charge in [0.05, 0.1) is 5.75 Å². The van der Waals surface area contributed by atoms with Crippen LogP contribution in [0.3, 0.4) is 0 Å². The van der Waals surface area contributed by atoms with Crippen LogP contribution in [0.25, 0.3) is 10.9 Å². The maximum Gasteiger partial charge on any atom is 0.251 e. The Morgan fingerprint density at radius 1 is 1.32 bits per heavy atom. The molecule has 2 N–H and O–H groups in total. The maximum atomic E-state index is 12.0. The number of rotatable bonds is 5. The van der Waals surface area contributed by atoms with Gasteiger partial charge in [0.15, 0.2) is 9.84 Å². The van der Waals surface area contributed by atoms with E-state index in [9.17, 15) is 13.2 Å². The molecule has 102 valence electrons. The summed E-state index contributed by atoms with van der Waals surface area (Å²) in [4.78, 5) is 15.0. The van der Waals surface area contributed by atoms with Crippen molar-refractivity contribution in [1.29, 1.82) is 0 Å². The summed E-state index contributed by atoms with van der Waals surface area (Å²) < 4.78 is 22.7. The first-order valence-corrected chi connectivity index (χ1v) is 7.90. The minimum atomic E-state index is -3.05. The molecule has 0 unspecified atom stereocenters. The van der Waals surface area contributed by atoms with Gasteiger partial charge in [0, 0.05) is 35.0 Å². The first-order chi connectivity index (χ1) is 9.03. The summed E-state index contributed by atoms with van der Waals surface area (Å²) in [6.45, 7) is 1.73. The molecule has 1 amide bonds. The predicted octanol–water partition coefficient (Wildman–Crippen LogP) is 1.33. The molecule has 2 rings (SSSR count). The highest BCUT2D eigenvalue weighted by molar-refractivity contribution is 7.91. The predicted molar refractivity (Wildman–Crippen MR) is 75.0 cm³/mol. The number of nitrogens with one attached hydrogen (secondary N) is 2. The van der Waals surface area contributed by atoms with Crippen LogP contribution in [0, 0.1) is 0 Å². The lowest BCUT2D eigenvalue weighted by Gasteiger charge is -2.06. The lowest BCUT2D eigenvalue weighted by molar-refractivity contribution is 0.0958.